The SMILES string of the molecule is [C-]#[N+]c1nn(-c2ccc(OC)cc2)c2c1CCN(c1ccc(C3(CN4CCCC4)CC3)cc1)C2=O. The third-order valence-electron chi connectivity index (χ3n) is 7.79. The van der Waals surface area contributed by atoms with Crippen molar-refractivity contribution in [2.24, 2.45) is 0 Å². The first-order valence-electron chi connectivity index (χ1n) is 12.4. The zero-order valence-electron chi connectivity index (χ0n) is 20.0. The molecular formula is C28H29N5O2. The van der Waals surface area contributed by atoms with E-state index >= 15 is 0 Å². The molecule has 0 radical (unpaired) electrons. The molecule has 3 aromatic rings. The molecule has 35 heavy (non-hydrogen) atoms. The first-order chi connectivity index (χ1) is 17.1. The van der Waals surface area contributed by atoms with Crippen LogP contribution in [0, 0.1) is 6.57 Å². The van der Waals surface area contributed by atoms with Crippen molar-refractivity contribution in [3.05, 3.63) is 76.8 Å². The Bertz CT molecular complexity index is 1290. The minimum atomic E-state index is -0.115. The molecule has 0 unspecified atom stereocenters. The topological polar surface area (TPSA) is 55.0 Å². The average Bonchev–Trinajstić information content (AvgIpc) is 3.31. The van der Waals surface area contributed by atoms with E-state index in [4.69, 9.17) is 11.3 Å². The minimum absolute atomic E-state index is 0.115. The molecule has 3 heterocycles. The normalized spacial score (nSPS) is 18.9. The number of hydrogen-bond donors (Lipinski definition) is 0. The summed E-state index contributed by atoms with van der Waals surface area (Å²) in [5, 5.41) is 4.49. The fourth-order valence-electron chi connectivity index (χ4n) is 5.64. The number of carbonyl (C=O) groups is 1. The third-order valence-corrected chi connectivity index (χ3v) is 7.79. The fourth-order valence-corrected chi connectivity index (χ4v) is 5.64. The van der Waals surface area contributed by atoms with Gasteiger partial charge in [-0.1, -0.05) is 18.7 Å². The predicted octanol–water partition coefficient (Wildman–Crippen LogP) is 4.76. The number of amides is 1. The highest BCUT2D eigenvalue weighted by atomic mass is 16.5. The van der Waals surface area contributed by atoms with Gasteiger partial charge in [0.25, 0.3) is 11.7 Å². The lowest BCUT2D eigenvalue weighted by Crippen LogP contribution is -2.38. The van der Waals surface area contributed by atoms with Crippen molar-refractivity contribution in [3.8, 4) is 11.4 Å². The second-order valence-electron chi connectivity index (χ2n) is 9.89. The predicted molar refractivity (Wildman–Crippen MR) is 135 cm³/mol. The molecule has 0 spiro atoms. The number of rotatable bonds is 6. The summed E-state index contributed by atoms with van der Waals surface area (Å²) < 4.78 is 6.87. The zero-order chi connectivity index (χ0) is 24.0. The average molecular weight is 468 g/mol. The van der Waals surface area contributed by atoms with Gasteiger partial charge in [-0.15, -0.1) is 0 Å². The van der Waals surface area contributed by atoms with Gasteiger partial charge >= 0.3 is 0 Å². The lowest BCUT2D eigenvalue weighted by Gasteiger charge is -2.28. The van der Waals surface area contributed by atoms with Gasteiger partial charge in [0, 0.05) is 29.8 Å². The molecule has 2 fully saturated rings. The van der Waals surface area contributed by atoms with Gasteiger partial charge < -0.3 is 19.4 Å². The van der Waals surface area contributed by atoms with Crippen LogP contribution in [-0.4, -0.2) is 53.9 Å². The van der Waals surface area contributed by atoms with Gasteiger partial charge in [0.15, 0.2) is 0 Å². The summed E-state index contributed by atoms with van der Waals surface area (Å²) >= 11 is 0. The van der Waals surface area contributed by atoms with Gasteiger partial charge in [0.05, 0.1) is 12.8 Å². The first kappa shape index (κ1) is 21.9. The molecule has 0 N–H and O–H groups in total. The van der Waals surface area contributed by atoms with E-state index in [-0.39, 0.29) is 5.91 Å². The van der Waals surface area contributed by atoms with Crippen molar-refractivity contribution in [2.45, 2.75) is 37.5 Å². The maximum absolute atomic E-state index is 13.7. The molecule has 2 aliphatic heterocycles. The Kier molecular flexibility index (Phi) is 5.34. The van der Waals surface area contributed by atoms with E-state index < -0.39 is 0 Å². The van der Waals surface area contributed by atoms with Gasteiger partial charge in [-0.25, -0.2) is 0 Å². The second kappa shape index (κ2) is 8.54. The summed E-state index contributed by atoms with van der Waals surface area (Å²) in [7, 11) is 1.62. The summed E-state index contributed by atoms with van der Waals surface area (Å²) in [6.07, 6.45) is 5.73. The van der Waals surface area contributed by atoms with Crippen LogP contribution in [0.2, 0.25) is 0 Å². The molecule has 178 valence electrons. The monoisotopic (exact) mass is 467 g/mol. The van der Waals surface area contributed by atoms with Crippen molar-refractivity contribution in [1.29, 1.82) is 0 Å². The molecule has 1 saturated carbocycles. The summed E-state index contributed by atoms with van der Waals surface area (Å²) in [6, 6.07) is 16.0. The smallest absolute Gasteiger partial charge is 0.300 e. The highest BCUT2D eigenvalue weighted by Crippen LogP contribution is 2.49. The van der Waals surface area contributed by atoms with Crippen LogP contribution in [0.4, 0.5) is 11.5 Å². The Hall–Kier alpha value is -3.63. The minimum Gasteiger partial charge on any atom is -0.497 e. The van der Waals surface area contributed by atoms with E-state index in [0.29, 0.717) is 29.9 Å². The largest absolute Gasteiger partial charge is 0.497 e. The molecule has 1 aliphatic carbocycles. The molecule has 0 bridgehead atoms. The highest BCUT2D eigenvalue weighted by Gasteiger charge is 2.45. The summed E-state index contributed by atoms with van der Waals surface area (Å²) in [4.78, 5) is 21.7. The number of ether oxygens (including phenoxy) is 1. The lowest BCUT2D eigenvalue weighted by molar-refractivity contribution is 0.0973. The van der Waals surface area contributed by atoms with E-state index in [1.54, 1.807) is 11.8 Å². The van der Waals surface area contributed by atoms with Crippen LogP contribution in [0.1, 0.15) is 47.3 Å². The molecule has 7 heteroatoms. The van der Waals surface area contributed by atoms with Crippen LogP contribution in [-0.2, 0) is 11.8 Å². The molecule has 6 rings (SSSR count). The summed E-state index contributed by atoms with van der Waals surface area (Å²) in [5.74, 6) is 0.915. The quantitative estimate of drug-likeness (QED) is 0.491. The van der Waals surface area contributed by atoms with Crippen LogP contribution < -0.4 is 9.64 Å². The Morgan fingerprint density at radius 3 is 2.31 bits per heavy atom. The van der Waals surface area contributed by atoms with Crippen LogP contribution >= 0.6 is 0 Å². The Morgan fingerprint density at radius 2 is 1.69 bits per heavy atom. The summed E-state index contributed by atoms with van der Waals surface area (Å²) in [6.45, 7) is 11.7. The highest BCUT2D eigenvalue weighted by molar-refractivity contribution is 6.08. The Morgan fingerprint density at radius 1 is 1.00 bits per heavy atom. The van der Waals surface area contributed by atoms with Gasteiger partial charge in [-0.05, 0) is 92.3 Å². The Balaban J connectivity index is 1.28. The molecule has 7 nitrogen and oxygen atoms in total. The second-order valence-corrected chi connectivity index (χ2v) is 9.89. The van der Waals surface area contributed by atoms with Crippen LogP contribution in [0.25, 0.3) is 10.5 Å². The van der Waals surface area contributed by atoms with Gasteiger partial charge in [-0.2, -0.15) is 4.68 Å². The summed E-state index contributed by atoms with van der Waals surface area (Å²) in [5.41, 5.74) is 4.52. The van der Waals surface area contributed by atoms with Gasteiger partial charge in [0.1, 0.15) is 11.4 Å². The number of likely N-dealkylation sites (tertiary alicyclic amines) is 1. The van der Waals surface area contributed by atoms with Crippen LogP contribution in [0.3, 0.4) is 0 Å². The fraction of sp³-hybridized carbons (Fsp3) is 0.393. The number of fused-ring (bicyclic) bond motifs is 1. The lowest BCUT2D eigenvalue weighted by atomic mass is 9.94. The van der Waals surface area contributed by atoms with Crippen molar-refractivity contribution < 1.29 is 9.53 Å². The van der Waals surface area contributed by atoms with Crippen molar-refractivity contribution in [1.82, 2.24) is 14.7 Å². The Labute approximate surface area is 205 Å². The molecule has 0 atom stereocenters. The first-order valence-corrected chi connectivity index (χ1v) is 12.4. The van der Waals surface area contributed by atoms with Crippen molar-refractivity contribution in [2.75, 3.05) is 38.2 Å². The van der Waals surface area contributed by atoms with E-state index in [2.05, 4.69) is 39.1 Å². The number of nitrogens with zero attached hydrogens (tertiary/aromatic N) is 5. The molecular weight excluding hydrogens is 438 g/mol. The number of anilines is 1. The number of benzene rings is 2. The molecule has 2 aromatic carbocycles. The van der Waals surface area contributed by atoms with Crippen molar-refractivity contribution >= 4 is 17.4 Å². The molecule has 1 aromatic heterocycles. The number of carbonyl (C=O) groups excluding carboxylic acids is 1. The molecule has 1 amide bonds. The van der Waals surface area contributed by atoms with Gasteiger partial charge in [0.2, 0.25) is 0 Å². The zero-order valence-corrected chi connectivity index (χ0v) is 20.0. The third kappa shape index (κ3) is 3.78. The number of aromatic nitrogens is 2. The van der Waals surface area contributed by atoms with Crippen LogP contribution in [0.15, 0.2) is 48.5 Å². The van der Waals surface area contributed by atoms with Crippen molar-refractivity contribution in [3.63, 3.8) is 0 Å². The number of hydrogen-bond acceptors (Lipinski definition) is 4. The van der Waals surface area contributed by atoms with Crippen LogP contribution in [0.5, 0.6) is 5.75 Å². The maximum atomic E-state index is 13.7. The maximum Gasteiger partial charge on any atom is 0.300 e. The van der Waals surface area contributed by atoms with E-state index in [0.717, 1.165) is 29.2 Å². The molecule has 1 saturated heterocycles. The van der Waals surface area contributed by atoms with Gasteiger partial charge in [-0.3, -0.25) is 4.79 Å². The van der Waals surface area contributed by atoms with E-state index in [1.165, 1.54) is 44.3 Å². The van der Waals surface area contributed by atoms with E-state index in [1.807, 2.05) is 29.2 Å². The van der Waals surface area contributed by atoms with E-state index in [9.17, 15) is 4.79 Å². The number of methoxy groups -OCH3 is 1. The standard InChI is InChI=1S/C28H29N5O2/c1-29-26-24-13-18-32(27(34)25(24)33(30-26)22-9-11-23(35-2)12-10-22)21-7-5-20(6-8-21)28(14-15-28)19-31-16-3-4-17-31/h5-12H,3-4,13-19H2,2H3. The molecule has 3 aliphatic rings.